The highest BCUT2D eigenvalue weighted by atomic mass is 32.2. The Bertz CT molecular complexity index is 809. The van der Waals surface area contributed by atoms with Gasteiger partial charge in [0.2, 0.25) is 15.9 Å². The molecule has 0 fully saturated rings. The third-order valence-corrected chi connectivity index (χ3v) is 4.42. The van der Waals surface area contributed by atoms with Crippen LogP contribution in [0, 0.1) is 11.3 Å². The van der Waals surface area contributed by atoms with Crippen LogP contribution in [0.1, 0.15) is 17.2 Å². The molecule has 2 aromatic rings. The molecule has 6 nitrogen and oxygen atoms in total. The molecule has 2 rings (SSSR count). The summed E-state index contributed by atoms with van der Waals surface area (Å²) in [5.41, 5.74) is 6.08. The Balaban J connectivity index is 2.32. The van der Waals surface area contributed by atoms with Crippen LogP contribution in [0.5, 0.6) is 0 Å². The normalized spacial score (nSPS) is 12.3. The zero-order chi connectivity index (χ0) is 16.2. The Morgan fingerprint density at radius 1 is 1.09 bits per heavy atom. The van der Waals surface area contributed by atoms with Crippen molar-refractivity contribution < 1.29 is 13.2 Å². The van der Waals surface area contributed by atoms with Gasteiger partial charge < -0.3 is 5.73 Å². The van der Waals surface area contributed by atoms with Crippen LogP contribution in [0.2, 0.25) is 0 Å². The van der Waals surface area contributed by atoms with Crippen molar-refractivity contribution in [3.8, 4) is 6.07 Å². The van der Waals surface area contributed by atoms with Gasteiger partial charge in [-0.05, 0) is 29.8 Å². The van der Waals surface area contributed by atoms with E-state index in [1.807, 2.05) is 6.07 Å². The summed E-state index contributed by atoms with van der Waals surface area (Å²) >= 11 is 0. The number of carbonyl (C=O) groups is 1. The molecule has 112 valence electrons. The van der Waals surface area contributed by atoms with Gasteiger partial charge in [0.05, 0.1) is 16.5 Å². The lowest BCUT2D eigenvalue weighted by molar-refractivity contribution is -0.119. The van der Waals surface area contributed by atoms with Crippen LogP contribution in [0.15, 0.2) is 59.5 Å². The number of nitrogens with two attached hydrogens (primary N) is 1. The van der Waals surface area contributed by atoms with Crippen LogP contribution in [0.4, 0.5) is 0 Å². The molecule has 22 heavy (non-hydrogen) atoms. The Morgan fingerprint density at radius 3 is 2.18 bits per heavy atom. The Labute approximate surface area is 128 Å². The zero-order valence-electron chi connectivity index (χ0n) is 11.4. The second kappa shape index (κ2) is 6.39. The van der Waals surface area contributed by atoms with Crippen molar-refractivity contribution in [2.24, 2.45) is 5.73 Å². The molecule has 0 spiro atoms. The SMILES string of the molecule is N#Cc1ccc(S(=O)(=O)NC(C(N)=O)c2ccccc2)cc1. The van der Waals surface area contributed by atoms with Gasteiger partial charge in [0.25, 0.3) is 0 Å². The molecule has 0 heterocycles. The maximum atomic E-state index is 12.3. The van der Waals surface area contributed by atoms with Crippen molar-refractivity contribution in [2.75, 3.05) is 0 Å². The number of sulfonamides is 1. The van der Waals surface area contributed by atoms with Crippen LogP contribution in [0.3, 0.4) is 0 Å². The first-order valence-corrected chi connectivity index (χ1v) is 7.79. The summed E-state index contributed by atoms with van der Waals surface area (Å²) < 4.78 is 26.9. The summed E-state index contributed by atoms with van der Waals surface area (Å²) in [6.07, 6.45) is 0. The molecule has 0 aliphatic carbocycles. The second-order valence-corrected chi connectivity index (χ2v) is 6.22. The molecule has 0 aromatic heterocycles. The lowest BCUT2D eigenvalue weighted by Gasteiger charge is -2.16. The van der Waals surface area contributed by atoms with E-state index in [1.165, 1.54) is 24.3 Å². The van der Waals surface area contributed by atoms with E-state index in [9.17, 15) is 13.2 Å². The molecule has 0 aliphatic heterocycles. The van der Waals surface area contributed by atoms with E-state index in [4.69, 9.17) is 11.0 Å². The minimum absolute atomic E-state index is 0.0475. The van der Waals surface area contributed by atoms with Crippen molar-refractivity contribution in [1.29, 1.82) is 5.26 Å². The minimum Gasteiger partial charge on any atom is -0.368 e. The summed E-state index contributed by atoms with van der Waals surface area (Å²) in [6, 6.07) is 14.4. The Morgan fingerprint density at radius 2 is 1.68 bits per heavy atom. The van der Waals surface area contributed by atoms with E-state index >= 15 is 0 Å². The highest BCUT2D eigenvalue weighted by molar-refractivity contribution is 7.89. The van der Waals surface area contributed by atoms with Gasteiger partial charge in [-0.2, -0.15) is 9.98 Å². The van der Waals surface area contributed by atoms with Crippen molar-refractivity contribution >= 4 is 15.9 Å². The van der Waals surface area contributed by atoms with Crippen LogP contribution in [-0.4, -0.2) is 14.3 Å². The van der Waals surface area contributed by atoms with Crippen LogP contribution < -0.4 is 10.5 Å². The second-order valence-electron chi connectivity index (χ2n) is 4.50. The molecule has 1 unspecified atom stereocenters. The highest BCUT2D eigenvalue weighted by Crippen LogP contribution is 2.17. The number of rotatable bonds is 5. The summed E-state index contributed by atoms with van der Waals surface area (Å²) in [4.78, 5) is 11.5. The van der Waals surface area contributed by atoms with Gasteiger partial charge in [-0.1, -0.05) is 30.3 Å². The van der Waals surface area contributed by atoms with Crippen molar-refractivity contribution in [3.05, 3.63) is 65.7 Å². The van der Waals surface area contributed by atoms with E-state index in [1.54, 1.807) is 30.3 Å². The van der Waals surface area contributed by atoms with Crippen molar-refractivity contribution in [1.82, 2.24) is 4.72 Å². The van der Waals surface area contributed by atoms with E-state index in [0.29, 0.717) is 11.1 Å². The molecule has 0 aliphatic rings. The maximum absolute atomic E-state index is 12.3. The van der Waals surface area contributed by atoms with Gasteiger partial charge in [0.15, 0.2) is 0 Å². The van der Waals surface area contributed by atoms with Crippen LogP contribution in [-0.2, 0) is 14.8 Å². The molecule has 0 saturated carbocycles. The average molecular weight is 315 g/mol. The van der Waals surface area contributed by atoms with Crippen LogP contribution in [0.25, 0.3) is 0 Å². The number of carbonyl (C=O) groups excluding carboxylic acids is 1. The summed E-state index contributed by atoms with van der Waals surface area (Å²) in [5, 5.41) is 8.72. The lowest BCUT2D eigenvalue weighted by atomic mass is 10.1. The zero-order valence-corrected chi connectivity index (χ0v) is 12.2. The topological polar surface area (TPSA) is 113 Å². The number of hydrogen-bond donors (Lipinski definition) is 2. The quantitative estimate of drug-likeness (QED) is 0.859. The fourth-order valence-electron chi connectivity index (χ4n) is 1.87. The van der Waals surface area contributed by atoms with Crippen molar-refractivity contribution in [2.45, 2.75) is 10.9 Å². The first-order chi connectivity index (χ1) is 10.4. The molecule has 2 aromatic carbocycles. The average Bonchev–Trinajstić information content (AvgIpc) is 2.53. The number of amides is 1. The molecule has 0 bridgehead atoms. The predicted octanol–water partition coefficient (Wildman–Crippen LogP) is 1.06. The monoisotopic (exact) mass is 315 g/mol. The summed E-state index contributed by atoms with van der Waals surface area (Å²) in [6.45, 7) is 0. The smallest absolute Gasteiger partial charge is 0.241 e. The molecular weight excluding hydrogens is 302 g/mol. The fraction of sp³-hybridized carbons (Fsp3) is 0.0667. The standard InChI is InChI=1S/C15H13N3O3S/c16-10-11-6-8-13(9-7-11)22(20,21)18-14(15(17)19)12-4-2-1-3-5-12/h1-9,14,18H,(H2,17,19). The molecule has 0 radical (unpaired) electrons. The molecule has 1 amide bonds. The van der Waals surface area contributed by atoms with Crippen LogP contribution >= 0.6 is 0 Å². The molecule has 3 N–H and O–H groups in total. The summed E-state index contributed by atoms with van der Waals surface area (Å²) in [7, 11) is -3.94. The number of hydrogen-bond acceptors (Lipinski definition) is 4. The van der Waals surface area contributed by atoms with Gasteiger partial charge >= 0.3 is 0 Å². The van der Waals surface area contributed by atoms with E-state index in [2.05, 4.69) is 4.72 Å². The summed E-state index contributed by atoms with van der Waals surface area (Å²) in [5.74, 6) is -0.802. The van der Waals surface area contributed by atoms with Gasteiger partial charge in [0.1, 0.15) is 6.04 Å². The lowest BCUT2D eigenvalue weighted by Crippen LogP contribution is -2.37. The Hall–Kier alpha value is -2.69. The molecule has 7 heteroatoms. The number of nitrogens with one attached hydrogen (secondary N) is 1. The molecular formula is C15H13N3O3S. The largest absolute Gasteiger partial charge is 0.368 e. The first kappa shape index (κ1) is 15.7. The first-order valence-electron chi connectivity index (χ1n) is 6.31. The van der Waals surface area contributed by atoms with Gasteiger partial charge in [-0.3, -0.25) is 4.79 Å². The minimum atomic E-state index is -3.94. The number of primary amides is 1. The fourth-order valence-corrected chi connectivity index (χ4v) is 3.06. The maximum Gasteiger partial charge on any atom is 0.241 e. The Kier molecular flexibility index (Phi) is 4.56. The van der Waals surface area contributed by atoms with E-state index < -0.39 is 22.0 Å². The molecule has 1 atom stereocenters. The number of benzene rings is 2. The third kappa shape index (κ3) is 3.49. The predicted molar refractivity (Wildman–Crippen MR) is 79.9 cm³/mol. The number of nitrogens with zero attached hydrogens (tertiary/aromatic N) is 1. The van der Waals surface area contributed by atoms with Gasteiger partial charge in [-0.25, -0.2) is 8.42 Å². The highest BCUT2D eigenvalue weighted by Gasteiger charge is 2.25. The van der Waals surface area contributed by atoms with Gasteiger partial charge in [-0.15, -0.1) is 0 Å². The van der Waals surface area contributed by atoms with E-state index in [-0.39, 0.29) is 4.90 Å². The van der Waals surface area contributed by atoms with E-state index in [0.717, 1.165) is 0 Å². The molecule has 0 saturated heterocycles. The van der Waals surface area contributed by atoms with Crippen molar-refractivity contribution in [3.63, 3.8) is 0 Å². The number of nitriles is 1. The van der Waals surface area contributed by atoms with Gasteiger partial charge in [0, 0.05) is 0 Å². The third-order valence-electron chi connectivity index (χ3n) is 2.98.